The van der Waals surface area contributed by atoms with Crippen LogP contribution < -0.4 is 16.0 Å². The molecule has 0 radical (unpaired) electrons. The Labute approximate surface area is 132 Å². The molecule has 1 unspecified atom stereocenters. The van der Waals surface area contributed by atoms with Crippen LogP contribution in [0, 0.1) is 5.82 Å². The van der Waals surface area contributed by atoms with Crippen molar-refractivity contribution < 1.29 is 9.13 Å². The van der Waals surface area contributed by atoms with Gasteiger partial charge in [0.2, 0.25) is 0 Å². The second-order valence-corrected chi connectivity index (χ2v) is 5.69. The number of hydrogen-bond acceptors (Lipinski definition) is 3. The van der Waals surface area contributed by atoms with Gasteiger partial charge in [-0.3, -0.25) is 11.3 Å². The maximum absolute atomic E-state index is 13.7. The molecule has 0 aliphatic heterocycles. The summed E-state index contributed by atoms with van der Waals surface area (Å²) in [7, 11) is 1.45. The Morgan fingerprint density at radius 2 is 2.00 bits per heavy atom. The fraction of sp³-hybridized carbons (Fsp3) is 0.250. The molecule has 3 nitrogen and oxygen atoms in total. The molecule has 1 atom stereocenters. The Morgan fingerprint density at radius 3 is 2.62 bits per heavy atom. The third-order valence-electron chi connectivity index (χ3n) is 3.36. The first-order valence-electron chi connectivity index (χ1n) is 6.66. The minimum atomic E-state index is -0.355. The lowest BCUT2D eigenvalue weighted by Crippen LogP contribution is -2.38. The van der Waals surface area contributed by atoms with Crippen LogP contribution in [0.15, 0.2) is 46.9 Å². The van der Waals surface area contributed by atoms with Crippen molar-refractivity contribution in [1.29, 1.82) is 0 Å². The lowest BCUT2D eigenvalue weighted by Gasteiger charge is -2.17. The van der Waals surface area contributed by atoms with E-state index in [1.165, 1.54) is 13.2 Å². The highest BCUT2D eigenvalue weighted by molar-refractivity contribution is 9.10. The fourth-order valence-electron chi connectivity index (χ4n) is 2.24. The molecule has 2 aromatic rings. The molecule has 0 fully saturated rings. The molecule has 3 N–H and O–H groups in total. The van der Waals surface area contributed by atoms with Gasteiger partial charge in [0.15, 0.2) is 11.6 Å². The summed E-state index contributed by atoms with van der Waals surface area (Å²) in [5.41, 5.74) is 4.84. The predicted octanol–water partition coefficient (Wildman–Crippen LogP) is 3.21. The summed E-state index contributed by atoms with van der Waals surface area (Å²) in [6.07, 6.45) is 1.39. The highest BCUT2D eigenvalue weighted by Gasteiger charge is 2.12. The van der Waals surface area contributed by atoms with Gasteiger partial charge in [0.1, 0.15) is 0 Å². The van der Waals surface area contributed by atoms with Crippen LogP contribution in [0.5, 0.6) is 5.75 Å². The monoisotopic (exact) mass is 352 g/mol. The molecular weight excluding hydrogens is 335 g/mol. The summed E-state index contributed by atoms with van der Waals surface area (Å²) < 4.78 is 19.7. The van der Waals surface area contributed by atoms with Crippen LogP contribution >= 0.6 is 15.9 Å². The van der Waals surface area contributed by atoms with Crippen LogP contribution in [-0.4, -0.2) is 13.2 Å². The molecule has 0 heterocycles. The molecule has 0 bridgehead atoms. The molecule has 0 saturated carbocycles. The molecule has 0 amide bonds. The summed E-state index contributed by atoms with van der Waals surface area (Å²) in [6, 6.07) is 13.0. The lowest BCUT2D eigenvalue weighted by atomic mass is 9.99. The zero-order valence-corrected chi connectivity index (χ0v) is 13.4. The number of rotatable bonds is 6. The average Bonchev–Trinajstić information content (AvgIpc) is 2.49. The topological polar surface area (TPSA) is 47.3 Å². The first-order chi connectivity index (χ1) is 10.1. The van der Waals surface area contributed by atoms with Crippen molar-refractivity contribution in [2.75, 3.05) is 7.11 Å². The molecule has 5 heteroatoms. The minimum Gasteiger partial charge on any atom is -0.494 e. The summed E-state index contributed by atoms with van der Waals surface area (Å²) in [5.74, 6) is 5.53. The highest BCUT2D eigenvalue weighted by Crippen LogP contribution is 2.21. The number of benzene rings is 2. The van der Waals surface area contributed by atoms with Gasteiger partial charge in [0.05, 0.1) is 7.11 Å². The number of hydrazine groups is 1. The number of nitrogens with one attached hydrogen (secondary N) is 1. The van der Waals surface area contributed by atoms with E-state index in [0.29, 0.717) is 6.42 Å². The number of ether oxygens (including phenoxy) is 1. The molecule has 0 spiro atoms. The average molecular weight is 353 g/mol. The van der Waals surface area contributed by atoms with Crippen molar-refractivity contribution in [2.24, 2.45) is 5.84 Å². The second kappa shape index (κ2) is 7.54. The summed E-state index contributed by atoms with van der Waals surface area (Å²) in [4.78, 5) is 0. The van der Waals surface area contributed by atoms with E-state index in [9.17, 15) is 4.39 Å². The van der Waals surface area contributed by atoms with Crippen molar-refractivity contribution in [1.82, 2.24) is 5.43 Å². The standard InChI is InChI=1S/C16H18BrFN2O/c1-21-16-7-6-11(9-15(16)18)8-13(20-19)10-12-4-2-3-5-14(12)17/h2-7,9,13,20H,8,10,19H2,1H3. The maximum atomic E-state index is 13.7. The third-order valence-corrected chi connectivity index (χ3v) is 4.13. The Morgan fingerprint density at radius 1 is 1.24 bits per heavy atom. The molecule has 0 aromatic heterocycles. The van der Waals surface area contributed by atoms with Gasteiger partial charge >= 0.3 is 0 Å². The predicted molar refractivity (Wildman–Crippen MR) is 85.6 cm³/mol. The Hall–Kier alpha value is -1.43. The highest BCUT2D eigenvalue weighted by atomic mass is 79.9. The van der Waals surface area contributed by atoms with Gasteiger partial charge in [-0.05, 0) is 42.2 Å². The third kappa shape index (κ3) is 4.27. The van der Waals surface area contributed by atoms with E-state index in [1.54, 1.807) is 6.07 Å². The van der Waals surface area contributed by atoms with Crippen molar-refractivity contribution in [3.05, 3.63) is 63.9 Å². The smallest absolute Gasteiger partial charge is 0.165 e. The lowest BCUT2D eigenvalue weighted by molar-refractivity contribution is 0.386. The number of methoxy groups -OCH3 is 1. The van der Waals surface area contributed by atoms with Crippen LogP contribution in [0.2, 0.25) is 0 Å². The Kier molecular flexibility index (Phi) is 5.73. The first-order valence-corrected chi connectivity index (χ1v) is 7.45. The molecule has 0 aliphatic carbocycles. The van der Waals surface area contributed by atoms with E-state index in [1.807, 2.05) is 30.3 Å². The van der Waals surface area contributed by atoms with Gasteiger partial charge in [-0.2, -0.15) is 0 Å². The molecule has 2 aromatic carbocycles. The Bertz CT molecular complexity index is 607. The van der Waals surface area contributed by atoms with Crippen LogP contribution in [-0.2, 0) is 12.8 Å². The number of nitrogens with two attached hydrogens (primary N) is 1. The second-order valence-electron chi connectivity index (χ2n) is 4.83. The van der Waals surface area contributed by atoms with Gasteiger partial charge in [-0.25, -0.2) is 4.39 Å². The minimum absolute atomic E-state index is 0.0245. The Balaban J connectivity index is 2.09. The van der Waals surface area contributed by atoms with E-state index < -0.39 is 0 Å². The molecule has 2 rings (SSSR count). The van der Waals surface area contributed by atoms with Gasteiger partial charge in [-0.1, -0.05) is 40.2 Å². The maximum Gasteiger partial charge on any atom is 0.165 e. The van der Waals surface area contributed by atoms with Crippen LogP contribution in [0.4, 0.5) is 4.39 Å². The molecule has 112 valence electrons. The van der Waals surface area contributed by atoms with E-state index in [-0.39, 0.29) is 17.6 Å². The van der Waals surface area contributed by atoms with Gasteiger partial charge < -0.3 is 4.74 Å². The van der Waals surface area contributed by atoms with Crippen molar-refractivity contribution >= 4 is 15.9 Å². The molecule has 0 saturated heterocycles. The molecule has 21 heavy (non-hydrogen) atoms. The number of halogens is 2. The normalized spacial score (nSPS) is 12.2. The van der Waals surface area contributed by atoms with Crippen LogP contribution in [0.1, 0.15) is 11.1 Å². The zero-order valence-electron chi connectivity index (χ0n) is 11.8. The van der Waals surface area contributed by atoms with Gasteiger partial charge in [0.25, 0.3) is 0 Å². The number of hydrogen-bond donors (Lipinski definition) is 2. The van der Waals surface area contributed by atoms with E-state index in [4.69, 9.17) is 10.6 Å². The van der Waals surface area contributed by atoms with Gasteiger partial charge in [-0.15, -0.1) is 0 Å². The van der Waals surface area contributed by atoms with Crippen molar-refractivity contribution in [2.45, 2.75) is 18.9 Å². The molecular formula is C16H18BrFN2O. The summed E-state index contributed by atoms with van der Waals surface area (Å²) >= 11 is 3.52. The van der Waals surface area contributed by atoms with Crippen LogP contribution in [0.25, 0.3) is 0 Å². The van der Waals surface area contributed by atoms with E-state index in [0.717, 1.165) is 22.0 Å². The summed E-state index contributed by atoms with van der Waals surface area (Å²) in [5, 5.41) is 0. The quantitative estimate of drug-likeness (QED) is 0.619. The SMILES string of the molecule is COc1ccc(CC(Cc2ccccc2Br)NN)cc1F. The zero-order chi connectivity index (χ0) is 15.2. The molecule has 0 aliphatic rings. The van der Waals surface area contributed by atoms with E-state index in [2.05, 4.69) is 21.4 Å². The largest absolute Gasteiger partial charge is 0.494 e. The fourth-order valence-corrected chi connectivity index (χ4v) is 2.69. The van der Waals surface area contributed by atoms with Crippen molar-refractivity contribution in [3.63, 3.8) is 0 Å². The van der Waals surface area contributed by atoms with Crippen molar-refractivity contribution in [3.8, 4) is 5.75 Å². The van der Waals surface area contributed by atoms with Crippen LogP contribution in [0.3, 0.4) is 0 Å². The van der Waals surface area contributed by atoms with E-state index >= 15 is 0 Å². The van der Waals surface area contributed by atoms with Gasteiger partial charge in [0, 0.05) is 10.5 Å². The first kappa shape index (κ1) is 15.9. The summed E-state index contributed by atoms with van der Waals surface area (Å²) in [6.45, 7) is 0.